The van der Waals surface area contributed by atoms with Gasteiger partial charge in [-0.3, -0.25) is 13.9 Å². The maximum Gasteiger partial charge on any atom is 0.343 e. The van der Waals surface area contributed by atoms with Gasteiger partial charge in [0.05, 0.1) is 31.2 Å². The fourth-order valence-electron chi connectivity index (χ4n) is 5.56. The van der Waals surface area contributed by atoms with E-state index < -0.39 is 49.1 Å². The molecular weight excluding hydrogens is 684 g/mol. The van der Waals surface area contributed by atoms with Crippen molar-refractivity contribution in [3.05, 3.63) is 115 Å². The number of halogens is 1. The molecule has 2 aromatic heterocycles. The van der Waals surface area contributed by atoms with Crippen LogP contribution in [-0.4, -0.2) is 68.0 Å². The molecule has 5 unspecified atom stereocenters. The third kappa shape index (κ3) is 7.79. The summed E-state index contributed by atoms with van der Waals surface area (Å²) in [5.41, 5.74) is 1.04. The fourth-order valence-corrected chi connectivity index (χ4v) is 9.31. The molecule has 5 atom stereocenters. The van der Waals surface area contributed by atoms with Crippen LogP contribution in [0.4, 0.5) is 10.2 Å². The minimum absolute atomic E-state index is 0.109. The van der Waals surface area contributed by atoms with Gasteiger partial charge in [-0.25, -0.2) is 24.1 Å². The highest BCUT2D eigenvalue weighted by atomic mass is 32.2. The number of thioether (sulfide) groups is 1. The fraction of sp³-hybridized carbons (Fsp3) is 0.286. The zero-order chi connectivity index (χ0) is 35.1. The molecule has 0 radical (unpaired) electrons. The van der Waals surface area contributed by atoms with Crippen molar-refractivity contribution in [2.75, 3.05) is 18.5 Å². The number of anilines is 1. The predicted octanol–water partition coefficient (Wildman–Crippen LogP) is 7.31. The summed E-state index contributed by atoms with van der Waals surface area (Å²) >= 11 is 1.24. The van der Waals surface area contributed by atoms with E-state index in [1.165, 1.54) is 29.0 Å². The number of benzene rings is 3. The molecule has 1 aliphatic rings. The lowest BCUT2D eigenvalue weighted by Gasteiger charge is -2.28. The van der Waals surface area contributed by atoms with E-state index in [4.69, 9.17) is 18.5 Å². The quantitative estimate of drug-likeness (QED) is 0.0701. The average molecular weight is 720 g/mol. The summed E-state index contributed by atoms with van der Waals surface area (Å²) in [4.78, 5) is 39.1. The number of esters is 1. The van der Waals surface area contributed by atoms with Crippen molar-refractivity contribution in [2.45, 2.75) is 54.8 Å². The van der Waals surface area contributed by atoms with Gasteiger partial charge in [0.25, 0.3) is 5.91 Å². The Bertz CT molecular complexity index is 1950. The predicted molar refractivity (Wildman–Crippen MR) is 186 cm³/mol. The van der Waals surface area contributed by atoms with Gasteiger partial charge in [0.2, 0.25) is 0 Å². The van der Waals surface area contributed by atoms with Crippen LogP contribution >= 0.6 is 19.4 Å². The molecule has 6 rings (SSSR count). The normalized spacial score (nSPS) is 19.7. The van der Waals surface area contributed by atoms with Gasteiger partial charge in [0.1, 0.15) is 11.3 Å². The van der Waals surface area contributed by atoms with Gasteiger partial charge in [0.15, 0.2) is 35.5 Å². The van der Waals surface area contributed by atoms with Gasteiger partial charge in [-0.05, 0) is 50.2 Å². The molecule has 3 heterocycles. The number of hydrogen-bond donors (Lipinski definition) is 1. The number of ether oxygens (including phenoxy) is 2. The van der Waals surface area contributed by atoms with Crippen molar-refractivity contribution in [1.29, 1.82) is 0 Å². The van der Waals surface area contributed by atoms with Crippen LogP contribution in [-0.2, 0) is 23.1 Å². The first-order valence-electron chi connectivity index (χ1n) is 16.0. The second-order valence-electron chi connectivity index (χ2n) is 11.1. The smallest absolute Gasteiger partial charge is 0.343 e. The Labute approximate surface area is 292 Å². The van der Waals surface area contributed by atoms with Crippen molar-refractivity contribution >= 4 is 48.2 Å². The minimum atomic E-state index is -3.81. The van der Waals surface area contributed by atoms with Crippen LogP contribution in [0.2, 0.25) is 0 Å². The highest BCUT2D eigenvalue weighted by molar-refractivity contribution is 8.05. The molecular formula is C35H35FN5O7PS. The van der Waals surface area contributed by atoms with Crippen LogP contribution in [0.25, 0.3) is 11.2 Å². The Morgan fingerprint density at radius 2 is 1.54 bits per heavy atom. The zero-order valence-corrected chi connectivity index (χ0v) is 28.9. The summed E-state index contributed by atoms with van der Waals surface area (Å²) in [5.74, 6) is -1.04. The molecule has 12 nitrogen and oxygen atoms in total. The first kappa shape index (κ1) is 35.4. The molecule has 1 N–H and O–H groups in total. The molecule has 0 bridgehead atoms. The number of carbonyl (C=O) groups is 2. The number of alkyl halides is 1. The summed E-state index contributed by atoms with van der Waals surface area (Å²) in [7, 11) is -3.81. The third-order valence-corrected chi connectivity index (χ3v) is 12.1. The third-order valence-electron chi connectivity index (χ3n) is 7.84. The van der Waals surface area contributed by atoms with E-state index >= 15 is 4.39 Å². The van der Waals surface area contributed by atoms with Crippen molar-refractivity contribution in [3.63, 3.8) is 0 Å². The second-order valence-corrected chi connectivity index (χ2v) is 15.0. The van der Waals surface area contributed by atoms with Crippen molar-refractivity contribution in [2.24, 2.45) is 0 Å². The Balaban J connectivity index is 1.35. The van der Waals surface area contributed by atoms with Gasteiger partial charge in [-0.1, -0.05) is 54.6 Å². The van der Waals surface area contributed by atoms with Crippen LogP contribution in [0, 0.1) is 0 Å². The maximum absolute atomic E-state index is 16.8. The maximum atomic E-state index is 16.8. The summed E-state index contributed by atoms with van der Waals surface area (Å²) in [6.45, 7) is 3.63. The van der Waals surface area contributed by atoms with Crippen LogP contribution < -0.4 is 5.32 Å². The van der Waals surface area contributed by atoms with E-state index in [1.54, 1.807) is 74.5 Å². The van der Waals surface area contributed by atoms with Crippen molar-refractivity contribution in [3.8, 4) is 0 Å². The summed E-state index contributed by atoms with van der Waals surface area (Å²) in [6, 6.07) is 26.0. The zero-order valence-electron chi connectivity index (χ0n) is 27.2. The van der Waals surface area contributed by atoms with Crippen LogP contribution in [0.15, 0.2) is 109 Å². The molecule has 0 saturated carbocycles. The van der Waals surface area contributed by atoms with E-state index in [1.807, 2.05) is 30.3 Å². The lowest BCUT2D eigenvalue weighted by Crippen LogP contribution is -2.34. The van der Waals surface area contributed by atoms with E-state index in [9.17, 15) is 14.2 Å². The van der Waals surface area contributed by atoms with E-state index in [0.717, 1.165) is 4.90 Å². The highest BCUT2D eigenvalue weighted by Crippen LogP contribution is 2.60. The highest BCUT2D eigenvalue weighted by Gasteiger charge is 2.52. The number of imidazole rings is 1. The number of carbonyl (C=O) groups excluding carboxylic acids is 2. The van der Waals surface area contributed by atoms with Gasteiger partial charge in [0, 0.05) is 16.9 Å². The standard InChI is InChI=1S/C35H35FN5O7PS/c1-3-45-49(44,46-4-2)27(50-25-18-12-7-13-19-25)20-26-28(36)30(48-35(43)24-16-10-6-11-17-24)34(47-26)41-22-39-29-31(37-21-38-32(29)41)40-33(42)23-14-8-5-9-15-23/h5-19,21-22,26-28,30,34H,3-4,20H2,1-2H3,(H,37,38,40,42). The summed E-state index contributed by atoms with van der Waals surface area (Å²) in [6.07, 6.45) is -3.33. The molecule has 0 aliphatic carbocycles. The van der Waals surface area contributed by atoms with Crippen LogP contribution in [0.5, 0.6) is 0 Å². The SMILES string of the molecule is CCOP(=O)(OCC)C(CC1OC(n2cnc3c(NC(=O)c4ccccc4)ncnc32)C(OC(=O)c2ccccc2)C1F)Sc1ccccc1. The number of nitrogens with one attached hydrogen (secondary N) is 1. The van der Waals surface area contributed by atoms with Gasteiger partial charge < -0.3 is 23.8 Å². The van der Waals surface area contributed by atoms with Crippen LogP contribution in [0.1, 0.15) is 47.2 Å². The average Bonchev–Trinajstić information content (AvgIpc) is 3.70. The van der Waals surface area contributed by atoms with E-state index in [-0.39, 0.29) is 42.2 Å². The lowest BCUT2D eigenvalue weighted by molar-refractivity contribution is -0.0475. The number of fused-ring (bicyclic) bond motifs is 1. The second kappa shape index (κ2) is 16.0. The molecule has 50 heavy (non-hydrogen) atoms. The molecule has 260 valence electrons. The van der Waals surface area contributed by atoms with E-state index in [0.29, 0.717) is 5.56 Å². The Morgan fingerprint density at radius 3 is 2.18 bits per heavy atom. The molecule has 15 heteroatoms. The first-order valence-corrected chi connectivity index (χ1v) is 18.5. The molecule has 0 spiro atoms. The van der Waals surface area contributed by atoms with Crippen molar-refractivity contribution in [1.82, 2.24) is 19.5 Å². The number of nitrogens with zero attached hydrogens (tertiary/aromatic N) is 4. The number of rotatable bonds is 14. The first-order chi connectivity index (χ1) is 24.3. The van der Waals surface area contributed by atoms with Crippen molar-refractivity contribution < 1.29 is 37.1 Å². The van der Waals surface area contributed by atoms with Gasteiger partial charge in [-0.15, -0.1) is 11.8 Å². The number of aromatic nitrogens is 4. The minimum Gasteiger partial charge on any atom is -0.451 e. The largest absolute Gasteiger partial charge is 0.451 e. The lowest BCUT2D eigenvalue weighted by atomic mass is 10.1. The molecule has 3 aromatic carbocycles. The van der Waals surface area contributed by atoms with Gasteiger partial charge in [-0.2, -0.15) is 0 Å². The Kier molecular flexibility index (Phi) is 11.4. The van der Waals surface area contributed by atoms with E-state index in [2.05, 4.69) is 20.3 Å². The number of amides is 1. The molecule has 1 amide bonds. The Morgan fingerprint density at radius 1 is 0.920 bits per heavy atom. The molecule has 5 aromatic rings. The molecule has 1 saturated heterocycles. The van der Waals surface area contributed by atoms with Gasteiger partial charge >= 0.3 is 13.6 Å². The topological polar surface area (TPSA) is 144 Å². The summed E-state index contributed by atoms with van der Waals surface area (Å²) < 4.78 is 56.0. The molecule has 1 aliphatic heterocycles. The molecule has 1 fully saturated rings. The Hall–Kier alpha value is -4.46. The van der Waals surface area contributed by atoms with Crippen LogP contribution in [0.3, 0.4) is 0 Å². The summed E-state index contributed by atoms with van der Waals surface area (Å²) in [5, 5.41) is 2.75. The monoisotopic (exact) mass is 719 g/mol. The number of hydrogen-bond acceptors (Lipinski definition) is 11.